The lowest BCUT2D eigenvalue weighted by Crippen LogP contribution is -2.14. The van der Waals surface area contributed by atoms with Gasteiger partial charge in [-0.3, -0.25) is 0 Å². The van der Waals surface area contributed by atoms with E-state index in [1.807, 2.05) is 5.38 Å². The van der Waals surface area contributed by atoms with Gasteiger partial charge in [0.2, 0.25) is 10.0 Å². The fourth-order valence-electron chi connectivity index (χ4n) is 1.70. The predicted molar refractivity (Wildman–Crippen MR) is 78.7 cm³/mol. The molecular formula is C12H15N3O2S2. The van der Waals surface area contributed by atoms with Crippen LogP contribution in [0.5, 0.6) is 0 Å². The van der Waals surface area contributed by atoms with Crippen molar-refractivity contribution >= 4 is 32.7 Å². The largest absolute Gasteiger partial charge is 0.398 e. The van der Waals surface area contributed by atoms with Crippen LogP contribution in [0.4, 0.5) is 11.4 Å². The summed E-state index contributed by atoms with van der Waals surface area (Å²) < 4.78 is 22.4. The summed E-state index contributed by atoms with van der Waals surface area (Å²) in [7, 11) is -3.76. The van der Waals surface area contributed by atoms with Crippen LogP contribution in [-0.2, 0) is 16.4 Å². The van der Waals surface area contributed by atoms with Crippen molar-refractivity contribution in [3.05, 3.63) is 40.6 Å². The van der Waals surface area contributed by atoms with Crippen LogP contribution in [0.25, 0.3) is 0 Å². The normalized spacial score (nSPS) is 11.4. The number of sulfonamides is 1. The smallest absolute Gasteiger partial charge is 0.240 e. The number of primary sulfonamides is 1. The van der Waals surface area contributed by atoms with Gasteiger partial charge in [0.1, 0.15) is 4.90 Å². The van der Waals surface area contributed by atoms with Crippen molar-refractivity contribution in [1.29, 1.82) is 0 Å². The lowest BCUT2D eigenvalue weighted by atomic mass is 10.2. The molecule has 5 N–H and O–H groups in total. The molecule has 19 heavy (non-hydrogen) atoms. The first-order valence-electron chi connectivity index (χ1n) is 5.64. The van der Waals surface area contributed by atoms with Gasteiger partial charge in [-0.05, 0) is 47.0 Å². The molecule has 2 aromatic rings. The first-order chi connectivity index (χ1) is 8.97. The molecule has 0 aliphatic heterocycles. The first kappa shape index (κ1) is 13.9. The molecule has 5 nitrogen and oxygen atoms in total. The minimum Gasteiger partial charge on any atom is -0.398 e. The monoisotopic (exact) mass is 297 g/mol. The lowest BCUT2D eigenvalue weighted by molar-refractivity contribution is 0.598. The minimum absolute atomic E-state index is 0.0455. The first-order valence-corrected chi connectivity index (χ1v) is 8.13. The average molecular weight is 297 g/mol. The molecule has 0 saturated carbocycles. The van der Waals surface area contributed by atoms with Crippen molar-refractivity contribution < 1.29 is 8.42 Å². The zero-order chi connectivity index (χ0) is 13.9. The molecule has 0 radical (unpaired) electrons. The molecule has 0 aliphatic rings. The van der Waals surface area contributed by atoms with Crippen LogP contribution in [0.15, 0.2) is 39.9 Å². The molecule has 0 aliphatic carbocycles. The summed E-state index contributed by atoms with van der Waals surface area (Å²) in [5.74, 6) is 0. The van der Waals surface area contributed by atoms with Crippen LogP contribution in [0.1, 0.15) is 5.56 Å². The molecule has 7 heteroatoms. The number of hydrogen-bond acceptors (Lipinski definition) is 5. The molecule has 102 valence electrons. The summed E-state index contributed by atoms with van der Waals surface area (Å²) in [6.07, 6.45) is 0.903. The number of anilines is 2. The fraction of sp³-hybridized carbons (Fsp3) is 0.167. The van der Waals surface area contributed by atoms with Crippen molar-refractivity contribution in [3.63, 3.8) is 0 Å². The third kappa shape index (κ3) is 3.69. The van der Waals surface area contributed by atoms with Crippen molar-refractivity contribution in [3.8, 4) is 0 Å². The molecule has 1 heterocycles. The van der Waals surface area contributed by atoms with E-state index in [-0.39, 0.29) is 10.6 Å². The Balaban J connectivity index is 2.00. The summed E-state index contributed by atoms with van der Waals surface area (Å²) in [5, 5.41) is 12.4. The van der Waals surface area contributed by atoms with Gasteiger partial charge in [-0.2, -0.15) is 11.3 Å². The maximum absolute atomic E-state index is 11.2. The highest BCUT2D eigenvalue weighted by atomic mass is 32.2. The van der Waals surface area contributed by atoms with Gasteiger partial charge in [0, 0.05) is 12.2 Å². The number of hydrogen-bond donors (Lipinski definition) is 3. The van der Waals surface area contributed by atoms with Gasteiger partial charge >= 0.3 is 0 Å². The third-order valence-electron chi connectivity index (χ3n) is 2.64. The van der Waals surface area contributed by atoms with E-state index in [0.717, 1.165) is 18.7 Å². The molecule has 1 aromatic heterocycles. The molecule has 2 rings (SSSR count). The molecule has 0 spiro atoms. The van der Waals surface area contributed by atoms with Gasteiger partial charge in [-0.15, -0.1) is 0 Å². The molecule has 0 amide bonds. The lowest BCUT2D eigenvalue weighted by Gasteiger charge is -2.09. The van der Waals surface area contributed by atoms with Gasteiger partial charge in [0.05, 0.1) is 5.69 Å². The second-order valence-corrected chi connectivity index (χ2v) is 6.42. The number of nitrogen functional groups attached to an aromatic ring is 1. The minimum atomic E-state index is -3.76. The van der Waals surface area contributed by atoms with Gasteiger partial charge in [-0.25, -0.2) is 13.6 Å². The summed E-state index contributed by atoms with van der Waals surface area (Å²) in [6, 6.07) is 6.72. The Labute approximate surface area is 116 Å². The van der Waals surface area contributed by atoms with Crippen molar-refractivity contribution in [2.45, 2.75) is 11.3 Å². The molecular weight excluding hydrogens is 282 g/mol. The quantitative estimate of drug-likeness (QED) is 0.731. The topological polar surface area (TPSA) is 98.2 Å². The average Bonchev–Trinajstić information content (AvgIpc) is 2.80. The zero-order valence-corrected chi connectivity index (χ0v) is 11.8. The van der Waals surface area contributed by atoms with E-state index in [4.69, 9.17) is 10.9 Å². The maximum Gasteiger partial charge on any atom is 0.240 e. The molecule has 0 bridgehead atoms. The summed E-state index contributed by atoms with van der Waals surface area (Å²) in [4.78, 5) is -0.0455. The number of rotatable bonds is 5. The summed E-state index contributed by atoms with van der Waals surface area (Å²) in [5.41, 5.74) is 7.88. The van der Waals surface area contributed by atoms with Gasteiger partial charge in [-0.1, -0.05) is 0 Å². The van der Waals surface area contributed by atoms with Crippen LogP contribution in [0.2, 0.25) is 0 Å². The van der Waals surface area contributed by atoms with Gasteiger partial charge in [0.15, 0.2) is 0 Å². The Kier molecular flexibility index (Phi) is 4.08. The van der Waals surface area contributed by atoms with E-state index in [1.54, 1.807) is 23.5 Å². The highest BCUT2D eigenvalue weighted by molar-refractivity contribution is 7.89. The standard InChI is InChI=1S/C12H15N3O2S2/c13-11-7-10(1-2-12(11)19(14,16)17)15-5-3-9-4-6-18-8-9/h1-2,4,6-8,15H,3,5,13H2,(H2,14,16,17). The predicted octanol–water partition coefficient (Wildman–Crippen LogP) is 1.63. The van der Waals surface area contributed by atoms with Crippen LogP contribution >= 0.6 is 11.3 Å². The summed E-state index contributed by atoms with van der Waals surface area (Å²) in [6.45, 7) is 0.755. The van der Waals surface area contributed by atoms with Crippen LogP contribution in [0.3, 0.4) is 0 Å². The molecule has 0 fully saturated rings. The number of benzene rings is 1. The number of thiophene rings is 1. The Morgan fingerprint density at radius 1 is 1.26 bits per heavy atom. The second-order valence-electron chi connectivity index (χ2n) is 4.11. The highest BCUT2D eigenvalue weighted by Crippen LogP contribution is 2.21. The second kappa shape index (κ2) is 5.60. The van der Waals surface area contributed by atoms with Crippen LogP contribution in [-0.4, -0.2) is 15.0 Å². The molecule has 0 saturated heterocycles. The van der Waals surface area contributed by atoms with Crippen molar-refractivity contribution in [1.82, 2.24) is 0 Å². The number of nitrogens with one attached hydrogen (secondary N) is 1. The Morgan fingerprint density at radius 2 is 2.05 bits per heavy atom. The van der Waals surface area contributed by atoms with E-state index >= 15 is 0 Å². The van der Waals surface area contributed by atoms with Gasteiger partial charge in [0.25, 0.3) is 0 Å². The Morgan fingerprint density at radius 3 is 2.63 bits per heavy atom. The van der Waals surface area contributed by atoms with Crippen LogP contribution < -0.4 is 16.2 Å². The van der Waals surface area contributed by atoms with E-state index < -0.39 is 10.0 Å². The van der Waals surface area contributed by atoms with E-state index in [1.165, 1.54) is 11.6 Å². The molecule has 0 atom stereocenters. The summed E-state index contributed by atoms with van der Waals surface area (Å²) >= 11 is 1.66. The van der Waals surface area contributed by atoms with E-state index in [9.17, 15) is 8.42 Å². The number of nitrogens with two attached hydrogens (primary N) is 2. The maximum atomic E-state index is 11.2. The zero-order valence-electron chi connectivity index (χ0n) is 10.2. The van der Waals surface area contributed by atoms with Crippen molar-refractivity contribution in [2.24, 2.45) is 5.14 Å². The third-order valence-corrected chi connectivity index (χ3v) is 4.36. The van der Waals surface area contributed by atoms with Crippen LogP contribution in [0, 0.1) is 0 Å². The highest BCUT2D eigenvalue weighted by Gasteiger charge is 2.11. The van der Waals surface area contributed by atoms with E-state index in [2.05, 4.69) is 16.8 Å². The van der Waals surface area contributed by atoms with Crippen molar-refractivity contribution in [2.75, 3.05) is 17.6 Å². The van der Waals surface area contributed by atoms with Gasteiger partial charge < -0.3 is 11.1 Å². The molecule has 0 unspecified atom stereocenters. The Bertz CT molecular complexity index is 652. The SMILES string of the molecule is Nc1cc(NCCc2ccsc2)ccc1S(N)(=O)=O. The van der Waals surface area contributed by atoms with E-state index in [0.29, 0.717) is 0 Å². The molecule has 1 aromatic carbocycles. The Hall–Kier alpha value is -1.57. The fourth-order valence-corrected chi connectivity index (χ4v) is 3.05.